The van der Waals surface area contributed by atoms with Crippen LogP contribution in [0.25, 0.3) is 5.69 Å². The minimum Gasteiger partial charge on any atom is -0.461 e. The number of hydrogen-bond donors (Lipinski definition) is 2. The molecule has 0 radical (unpaired) electrons. The summed E-state index contributed by atoms with van der Waals surface area (Å²) in [4.78, 5) is 40.5. The monoisotopic (exact) mass is 593 g/mol. The Hall–Kier alpha value is -4.66. The Morgan fingerprint density at radius 3 is 2.23 bits per heavy atom. The van der Waals surface area contributed by atoms with Crippen molar-refractivity contribution in [1.82, 2.24) is 14.7 Å². The van der Waals surface area contributed by atoms with E-state index in [2.05, 4.69) is 31.4 Å². The quantitative estimate of drug-likeness (QED) is 0.179. The van der Waals surface area contributed by atoms with E-state index in [-0.39, 0.29) is 29.3 Å². The molecule has 0 spiro atoms. The molecule has 2 fully saturated rings. The first kappa shape index (κ1) is 29.4. The second kappa shape index (κ2) is 11.8. The molecule has 0 aliphatic carbocycles. The Kier molecular flexibility index (Phi) is 7.88. The maximum absolute atomic E-state index is 13.0. The van der Waals surface area contributed by atoms with E-state index >= 15 is 0 Å². The van der Waals surface area contributed by atoms with Gasteiger partial charge in [-0.1, -0.05) is 50.6 Å². The number of ketones is 1. The lowest BCUT2D eigenvalue weighted by molar-refractivity contribution is -0.131. The lowest BCUT2D eigenvalue weighted by Crippen LogP contribution is -2.49. The van der Waals surface area contributed by atoms with E-state index in [1.54, 1.807) is 16.8 Å². The lowest BCUT2D eigenvalue weighted by atomic mass is 9.85. The highest BCUT2D eigenvalue weighted by atomic mass is 16.3. The van der Waals surface area contributed by atoms with E-state index in [1.807, 2.05) is 66.4 Å². The largest absolute Gasteiger partial charge is 0.461 e. The molecule has 2 bridgehead atoms. The summed E-state index contributed by atoms with van der Waals surface area (Å²) in [5, 5.41) is 10.7. The van der Waals surface area contributed by atoms with E-state index in [9.17, 15) is 14.4 Å². The van der Waals surface area contributed by atoms with Crippen molar-refractivity contribution in [3.05, 3.63) is 95.6 Å². The van der Waals surface area contributed by atoms with Crippen LogP contribution in [0.4, 0.5) is 16.3 Å². The van der Waals surface area contributed by atoms with Crippen LogP contribution in [0.5, 0.6) is 0 Å². The number of benzene rings is 2. The summed E-state index contributed by atoms with van der Waals surface area (Å²) >= 11 is 0. The Morgan fingerprint density at radius 2 is 1.61 bits per heavy atom. The topological polar surface area (TPSA) is 109 Å². The van der Waals surface area contributed by atoms with Crippen molar-refractivity contribution < 1.29 is 18.8 Å². The fraction of sp³-hybridized carbons (Fsp3) is 0.371. The van der Waals surface area contributed by atoms with Gasteiger partial charge in [-0.05, 0) is 86.9 Å². The van der Waals surface area contributed by atoms with Crippen molar-refractivity contribution in [3.8, 4) is 5.69 Å². The van der Waals surface area contributed by atoms with E-state index in [1.165, 1.54) is 11.8 Å². The first-order valence-corrected chi connectivity index (χ1v) is 15.3. The number of carbonyl (C=O) groups excluding carboxylic acids is 3. The molecule has 2 aliphatic rings. The van der Waals surface area contributed by atoms with E-state index in [0.717, 1.165) is 49.0 Å². The molecule has 2 aliphatic heterocycles. The predicted octanol–water partition coefficient (Wildman–Crippen LogP) is 6.91. The molecule has 9 nitrogen and oxygen atoms in total. The summed E-state index contributed by atoms with van der Waals surface area (Å²) in [6.45, 7) is 8.32. The number of carbonyl (C=O) groups is 3. The van der Waals surface area contributed by atoms with Gasteiger partial charge in [0.1, 0.15) is 5.82 Å². The van der Waals surface area contributed by atoms with Gasteiger partial charge in [-0.3, -0.25) is 14.9 Å². The zero-order chi connectivity index (χ0) is 31.0. The molecule has 2 N–H and O–H groups in total. The third-order valence-electron chi connectivity index (χ3n) is 8.74. The highest BCUT2D eigenvalue weighted by Gasteiger charge is 2.45. The van der Waals surface area contributed by atoms with Gasteiger partial charge >= 0.3 is 6.03 Å². The molecule has 2 atom stereocenters. The smallest absolute Gasteiger partial charge is 0.324 e. The van der Waals surface area contributed by atoms with E-state index in [4.69, 9.17) is 9.52 Å². The molecular weight excluding hydrogens is 554 g/mol. The van der Waals surface area contributed by atoms with Crippen LogP contribution in [0.2, 0.25) is 0 Å². The second-order valence-corrected chi connectivity index (χ2v) is 13.1. The number of aryl methyl sites for hydroxylation is 1. The molecule has 2 aromatic heterocycles. The normalized spacial score (nSPS) is 19.5. The Labute approximate surface area is 257 Å². The number of piperidine rings is 1. The molecule has 44 heavy (non-hydrogen) atoms. The van der Waals surface area contributed by atoms with Gasteiger partial charge < -0.3 is 14.6 Å². The first-order valence-electron chi connectivity index (χ1n) is 15.3. The number of nitrogens with one attached hydrogen (secondary N) is 2. The number of amides is 3. The molecule has 4 aromatic rings. The van der Waals surface area contributed by atoms with Gasteiger partial charge in [-0.25, -0.2) is 9.48 Å². The number of Topliss-reactive ketones (excluding diaryl/α,β-unsaturated/α-hetero) is 1. The van der Waals surface area contributed by atoms with Crippen LogP contribution >= 0.6 is 0 Å². The second-order valence-electron chi connectivity index (χ2n) is 13.1. The van der Waals surface area contributed by atoms with Crippen molar-refractivity contribution in [2.24, 2.45) is 5.92 Å². The molecule has 228 valence electrons. The molecule has 2 unspecified atom stereocenters. The average molecular weight is 594 g/mol. The number of rotatable bonds is 7. The fourth-order valence-electron chi connectivity index (χ4n) is 6.47. The molecular formula is C35H39N5O4. The summed E-state index contributed by atoms with van der Waals surface area (Å²) in [7, 11) is 0. The van der Waals surface area contributed by atoms with Gasteiger partial charge in [-0.15, -0.1) is 0 Å². The average Bonchev–Trinajstić information content (AvgIpc) is 3.73. The van der Waals surface area contributed by atoms with Crippen LogP contribution in [0.1, 0.15) is 73.8 Å². The molecule has 0 saturated carbocycles. The van der Waals surface area contributed by atoms with Gasteiger partial charge in [0.05, 0.1) is 17.6 Å². The van der Waals surface area contributed by atoms with Crippen molar-refractivity contribution in [2.45, 2.75) is 77.3 Å². The van der Waals surface area contributed by atoms with Crippen molar-refractivity contribution >= 4 is 29.2 Å². The SMILES string of the molecule is Cc1ccc(-n2nc(C(C)(C)C)cc2NC(=O)Nc2ccc(CC3CC4CCC(C3)N4C(=O)C(=O)c3ccco3)cc2)cc1. The summed E-state index contributed by atoms with van der Waals surface area (Å²) < 4.78 is 6.94. The highest BCUT2D eigenvalue weighted by Crippen LogP contribution is 2.40. The minimum atomic E-state index is -0.563. The summed E-state index contributed by atoms with van der Waals surface area (Å²) in [6, 6.07) is 20.9. The molecule has 2 aromatic carbocycles. The van der Waals surface area contributed by atoms with E-state index in [0.29, 0.717) is 17.4 Å². The third kappa shape index (κ3) is 6.18. The zero-order valence-electron chi connectivity index (χ0n) is 25.7. The van der Waals surface area contributed by atoms with Crippen LogP contribution in [0, 0.1) is 12.8 Å². The Morgan fingerprint density at radius 1 is 0.932 bits per heavy atom. The van der Waals surface area contributed by atoms with Crippen molar-refractivity contribution in [2.75, 3.05) is 10.6 Å². The number of aromatic nitrogens is 2. The number of furan rings is 1. The number of anilines is 2. The maximum Gasteiger partial charge on any atom is 0.324 e. The molecule has 6 rings (SSSR count). The van der Waals surface area contributed by atoms with Crippen molar-refractivity contribution in [1.29, 1.82) is 0 Å². The Balaban J connectivity index is 1.06. The number of urea groups is 1. The summed E-state index contributed by atoms with van der Waals surface area (Å²) in [5.74, 6) is 0.114. The molecule has 9 heteroatoms. The van der Waals surface area contributed by atoms with E-state index < -0.39 is 11.7 Å². The Bertz CT molecular complexity index is 1630. The van der Waals surface area contributed by atoms with Crippen LogP contribution in [-0.4, -0.2) is 44.5 Å². The van der Waals surface area contributed by atoms with Crippen LogP contribution in [0.15, 0.2) is 77.4 Å². The lowest BCUT2D eigenvalue weighted by Gasteiger charge is -2.38. The van der Waals surface area contributed by atoms with Crippen molar-refractivity contribution in [3.63, 3.8) is 0 Å². The maximum atomic E-state index is 13.0. The van der Waals surface area contributed by atoms with Gasteiger partial charge in [-0.2, -0.15) is 5.10 Å². The number of nitrogens with zero attached hydrogens (tertiary/aromatic N) is 3. The van der Waals surface area contributed by atoms with Crippen LogP contribution in [0.3, 0.4) is 0 Å². The molecule has 2 saturated heterocycles. The zero-order valence-corrected chi connectivity index (χ0v) is 25.7. The predicted molar refractivity (Wildman–Crippen MR) is 169 cm³/mol. The van der Waals surface area contributed by atoms with Gasteiger partial charge in [0.2, 0.25) is 0 Å². The highest BCUT2D eigenvalue weighted by molar-refractivity contribution is 6.42. The molecule has 4 heterocycles. The molecule has 3 amide bonds. The third-order valence-corrected chi connectivity index (χ3v) is 8.74. The fourth-order valence-corrected chi connectivity index (χ4v) is 6.47. The van der Waals surface area contributed by atoms with Gasteiger partial charge in [0.15, 0.2) is 5.76 Å². The minimum absolute atomic E-state index is 0.0851. The van der Waals surface area contributed by atoms with Gasteiger partial charge in [0, 0.05) is 29.3 Å². The summed E-state index contributed by atoms with van der Waals surface area (Å²) in [6.07, 6.45) is 5.91. The van der Waals surface area contributed by atoms with Crippen LogP contribution in [-0.2, 0) is 16.6 Å². The summed E-state index contributed by atoms with van der Waals surface area (Å²) in [5.41, 5.74) is 4.60. The standard InChI is InChI=1S/C35H39N5O4/c1-22-7-13-26(14-8-22)40-31(21-30(38-40)35(2,3)4)37-34(43)36-25-11-9-23(10-12-25)18-24-19-27-15-16-28(20-24)39(27)33(42)32(41)29-6-5-17-44-29/h5-14,17,21,24,27-28H,15-16,18-20H2,1-4H3,(H2,36,37,43). The first-order chi connectivity index (χ1) is 21.0. The van der Waals surface area contributed by atoms with Gasteiger partial charge in [0.25, 0.3) is 11.7 Å². The van der Waals surface area contributed by atoms with Crippen LogP contribution < -0.4 is 10.6 Å². The number of fused-ring (bicyclic) bond motifs is 2. The number of hydrogen-bond acceptors (Lipinski definition) is 5.